The number of para-hydroxylation sites is 1. The molecule has 12 heteroatoms. The highest BCUT2D eigenvalue weighted by Crippen LogP contribution is 2.42. The Bertz CT molecular complexity index is 1410. The van der Waals surface area contributed by atoms with Gasteiger partial charge in [-0.05, 0) is 68.8 Å². The minimum absolute atomic E-state index is 0.128. The second-order valence-corrected chi connectivity index (χ2v) is 11.2. The summed E-state index contributed by atoms with van der Waals surface area (Å²) in [6.45, 7) is 2.48. The fourth-order valence-corrected chi connectivity index (χ4v) is 5.55. The number of halogens is 3. The van der Waals surface area contributed by atoms with Crippen LogP contribution in [0.15, 0.2) is 72.8 Å². The number of carbonyl (C=O) groups excluding carboxylic acids is 1. The van der Waals surface area contributed by atoms with E-state index in [1.165, 1.54) is 23.8 Å². The van der Waals surface area contributed by atoms with Crippen LogP contribution in [0.3, 0.4) is 0 Å². The number of aromatic nitrogens is 1. The van der Waals surface area contributed by atoms with Gasteiger partial charge in [0.2, 0.25) is 0 Å². The number of anilines is 1. The summed E-state index contributed by atoms with van der Waals surface area (Å²) in [5.74, 6) is -1.40. The molecule has 0 radical (unpaired) electrons. The zero-order chi connectivity index (χ0) is 33.0. The molecule has 0 spiro atoms. The first-order valence-corrected chi connectivity index (χ1v) is 15.5. The molecule has 4 rings (SSSR count). The summed E-state index contributed by atoms with van der Waals surface area (Å²) in [7, 11) is 0.778. The van der Waals surface area contributed by atoms with Crippen molar-refractivity contribution in [3.05, 3.63) is 89.6 Å². The van der Waals surface area contributed by atoms with Crippen molar-refractivity contribution in [1.82, 2.24) is 15.2 Å². The Morgan fingerprint density at radius 2 is 1.72 bits per heavy atom. The van der Waals surface area contributed by atoms with E-state index in [-0.39, 0.29) is 13.0 Å². The Balaban J connectivity index is 1.39. The van der Waals surface area contributed by atoms with E-state index in [2.05, 4.69) is 16.7 Å². The van der Waals surface area contributed by atoms with Gasteiger partial charge in [-0.1, -0.05) is 54.6 Å². The van der Waals surface area contributed by atoms with Crippen LogP contribution < -0.4 is 15.4 Å². The number of nitrogens with zero attached hydrogens (tertiary/aromatic N) is 2. The molecule has 9 nitrogen and oxygen atoms in total. The Kier molecular flexibility index (Phi) is 12.4. The number of fused-ring (bicyclic) bond motifs is 1. The van der Waals surface area contributed by atoms with E-state index >= 15 is 0 Å². The van der Waals surface area contributed by atoms with Crippen LogP contribution in [0.4, 0.5) is 19.0 Å². The topological polar surface area (TPSA) is 113 Å². The lowest BCUT2D eigenvalue weighted by Crippen LogP contribution is -2.59. The Morgan fingerprint density at radius 3 is 2.39 bits per heavy atom. The van der Waals surface area contributed by atoms with Crippen LogP contribution in [-0.4, -0.2) is 79.0 Å². The monoisotopic (exact) mass is 642 g/mol. The molecule has 46 heavy (non-hydrogen) atoms. The lowest BCUT2D eigenvalue weighted by atomic mass is 9.91. The third-order valence-electron chi connectivity index (χ3n) is 8.07. The minimum atomic E-state index is -5.15. The van der Waals surface area contributed by atoms with E-state index < -0.39 is 35.3 Å². The van der Waals surface area contributed by atoms with Gasteiger partial charge in [-0.2, -0.15) is 13.2 Å². The van der Waals surface area contributed by atoms with Crippen molar-refractivity contribution >= 4 is 17.7 Å². The molecule has 2 heterocycles. The molecule has 248 valence electrons. The minimum Gasteiger partial charge on any atom is -0.492 e. The number of benzene rings is 2. The van der Waals surface area contributed by atoms with Gasteiger partial charge in [0.15, 0.2) is 0 Å². The highest BCUT2D eigenvalue weighted by Gasteiger charge is 2.63. The normalized spacial score (nSPS) is 14.9. The highest BCUT2D eigenvalue weighted by molar-refractivity contribution is 5.91. The van der Waals surface area contributed by atoms with Gasteiger partial charge in [-0.3, -0.25) is 9.69 Å². The maximum Gasteiger partial charge on any atom is 0.430 e. The lowest BCUT2D eigenvalue weighted by Gasteiger charge is -2.34. The highest BCUT2D eigenvalue weighted by atomic mass is 19.4. The quantitative estimate of drug-likeness (QED) is 0.172. The fraction of sp³-hybridized carbons (Fsp3) is 0.441. The number of amides is 1. The van der Waals surface area contributed by atoms with Gasteiger partial charge < -0.3 is 25.2 Å². The number of methoxy groups -OCH3 is 1. The van der Waals surface area contributed by atoms with E-state index in [4.69, 9.17) is 14.5 Å². The average Bonchev–Trinajstić information content (AvgIpc) is 3.05. The number of aryl methyl sites for hydroxylation is 2. The molecule has 1 amide bonds. The first-order valence-electron chi connectivity index (χ1n) is 15.5. The summed E-state index contributed by atoms with van der Waals surface area (Å²) < 4.78 is 53.8. The number of ether oxygens (including phenoxy) is 2. The molecule has 0 bridgehead atoms. The maximum absolute atomic E-state index is 14.4. The fourth-order valence-electron chi connectivity index (χ4n) is 5.55. The molecule has 2 aromatic carbocycles. The van der Waals surface area contributed by atoms with E-state index in [0.717, 1.165) is 69.4 Å². The number of unbranched alkanes of at least 4 members (excludes halogenated alkanes) is 1. The summed E-state index contributed by atoms with van der Waals surface area (Å²) >= 11 is 0. The van der Waals surface area contributed by atoms with Crippen molar-refractivity contribution in [2.24, 2.45) is 0 Å². The van der Waals surface area contributed by atoms with Crippen LogP contribution in [0.1, 0.15) is 42.5 Å². The zero-order valence-corrected chi connectivity index (χ0v) is 25.9. The number of carboxylic acids is 1. The van der Waals surface area contributed by atoms with E-state index in [9.17, 15) is 27.9 Å². The molecular weight excluding hydrogens is 601 g/mol. The number of carbonyl (C=O) groups is 2. The second-order valence-electron chi connectivity index (χ2n) is 11.2. The molecule has 3 aromatic rings. The second kappa shape index (κ2) is 16.4. The molecule has 1 aliphatic heterocycles. The zero-order valence-electron chi connectivity index (χ0n) is 25.9. The van der Waals surface area contributed by atoms with E-state index in [1.54, 1.807) is 0 Å². The Hall–Kier alpha value is -4.16. The predicted octanol–water partition coefficient (Wildman–Crippen LogP) is 5.21. The van der Waals surface area contributed by atoms with Crippen LogP contribution >= 0.6 is 0 Å². The van der Waals surface area contributed by atoms with Gasteiger partial charge >= 0.3 is 12.1 Å². The van der Waals surface area contributed by atoms with Gasteiger partial charge in [0.05, 0.1) is 0 Å². The molecule has 0 unspecified atom stereocenters. The molecular formula is C34H41F3N4O5. The number of pyridine rings is 1. The van der Waals surface area contributed by atoms with Crippen molar-refractivity contribution in [1.29, 1.82) is 0 Å². The van der Waals surface area contributed by atoms with Crippen LogP contribution in [-0.2, 0) is 32.8 Å². The third-order valence-corrected chi connectivity index (χ3v) is 8.07. The van der Waals surface area contributed by atoms with Crippen LogP contribution in [0.2, 0.25) is 0 Å². The lowest BCUT2D eigenvalue weighted by molar-refractivity contribution is -0.266. The van der Waals surface area contributed by atoms with E-state index in [0.29, 0.717) is 25.4 Å². The molecule has 0 aliphatic carbocycles. The van der Waals surface area contributed by atoms with Crippen molar-refractivity contribution in [2.45, 2.75) is 56.3 Å². The number of aliphatic carboxylic acids is 1. The van der Waals surface area contributed by atoms with Crippen molar-refractivity contribution in [3.8, 4) is 5.75 Å². The summed E-state index contributed by atoms with van der Waals surface area (Å²) in [4.78, 5) is 32.1. The summed E-state index contributed by atoms with van der Waals surface area (Å²) in [5, 5.41) is 15.4. The van der Waals surface area contributed by atoms with Crippen molar-refractivity contribution < 1.29 is 37.3 Å². The summed E-state index contributed by atoms with van der Waals surface area (Å²) in [6, 6.07) is 18.3. The molecule has 1 aromatic heterocycles. The van der Waals surface area contributed by atoms with Gasteiger partial charge in [-0.15, -0.1) is 0 Å². The first-order chi connectivity index (χ1) is 22.1. The van der Waals surface area contributed by atoms with Crippen LogP contribution in [0, 0.1) is 0 Å². The average molecular weight is 643 g/mol. The molecule has 1 aliphatic rings. The standard InChI is InChI=1S/C34H41F3N4O5/c1-45-33(34(35,36)37,26-12-4-2-5-13-26)32(44)40-29(31(42)43)19-22-41(23-24-46-28-15-6-3-7-16-28)21-9-8-14-27-18-17-25-11-10-20-38-30(25)39-27/h2-7,12-13,15-18,29H,8-11,14,19-24H2,1H3,(H,38,39)(H,40,44)(H,42,43)/t29-,33+/m0/s1. The van der Waals surface area contributed by atoms with E-state index in [1.807, 2.05) is 41.3 Å². The number of hydrogen-bond donors (Lipinski definition) is 3. The number of nitrogens with one attached hydrogen (secondary N) is 2. The first kappa shape index (κ1) is 34.7. The van der Waals surface area contributed by atoms with Gasteiger partial charge in [0, 0.05) is 38.0 Å². The molecule has 0 fully saturated rings. The van der Waals surface area contributed by atoms with Gasteiger partial charge in [-0.25, -0.2) is 9.78 Å². The van der Waals surface area contributed by atoms with Crippen LogP contribution in [0.25, 0.3) is 0 Å². The maximum atomic E-state index is 14.4. The smallest absolute Gasteiger partial charge is 0.430 e. The summed E-state index contributed by atoms with van der Waals surface area (Å²) in [6.07, 6.45) is -0.796. The van der Waals surface area contributed by atoms with Crippen molar-refractivity contribution in [2.75, 3.05) is 45.2 Å². The molecule has 0 saturated heterocycles. The molecule has 2 atom stereocenters. The molecule has 0 saturated carbocycles. The van der Waals surface area contributed by atoms with Crippen molar-refractivity contribution in [3.63, 3.8) is 0 Å². The largest absolute Gasteiger partial charge is 0.492 e. The Morgan fingerprint density at radius 1 is 1.00 bits per heavy atom. The predicted molar refractivity (Wildman–Crippen MR) is 168 cm³/mol. The number of carboxylic acid groups (broad SMARTS) is 1. The number of alkyl halides is 3. The van der Waals surface area contributed by atoms with Gasteiger partial charge in [0.1, 0.15) is 24.2 Å². The third kappa shape index (κ3) is 8.97. The van der Waals surface area contributed by atoms with Gasteiger partial charge in [0.25, 0.3) is 11.5 Å². The van der Waals surface area contributed by atoms with Crippen LogP contribution in [0.5, 0.6) is 5.75 Å². The number of rotatable bonds is 17. The summed E-state index contributed by atoms with van der Waals surface area (Å²) in [5.41, 5.74) is -1.60. The SMILES string of the molecule is CO[C@@](C(=O)N[C@@H](CCN(CCCCc1ccc2c(n1)NCCC2)CCOc1ccccc1)C(=O)O)(c1ccccc1)C(F)(F)F. The number of hydrogen-bond acceptors (Lipinski definition) is 7. The molecule has 3 N–H and O–H groups in total. The Labute approximate surface area is 267 Å².